The Morgan fingerprint density at radius 1 is 1.46 bits per heavy atom. The Morgan fingerprint density at radius 2 is 2.29 bits per heavy atom. The molecule has 2 rings (SSSR count). The molecule has 0 aliphatic rings. The van der Waals surface area contributed by atoms with Crippen LogP contribution in [0.5, 0.6) is 0 Å². The number of aryl methyl sites for hydroxylation is 1. The molecule has 2 aromatic heterocycles. The van der Waals surface area contributed by atoms with Crippen molar-refractivity contribution in [2.24, 2.45) is 0 Å². The van der Waals surface area contributed by atoms with Gasteiger partial charge in [0.15, 0.2) is 6.10 Å². The van der Waals surface area contributed by atoms with E-state index in [9.17, 15) is 9.59 Å². The fraction of sp³-hybridized carbons (Fsp3) is 0.467. The zero-order valence-corrected chi connectivity index (χ0v) is 14.3. The van der Waals surface area contributed by atoms with E-state index < -0.39 is 12.1 Å². The second-order valence-corrected chi connectivity index (χ2v) is 5.72. The van der Waals surface area contributed by atoms with Gasteiger partial charge in [-0.2, -0.15) is 16.3 Å². The Labute approximate surface area is 143 Å². The Balaban J connectivity index is 1.74. The predicted molar refractivity (Wildman–Crippen MR) is 86.4 cm³/mol. The molecular formula is C15H19N3O5S. The number of aromatic nitrogens is 2. The molecule has 0 radical (unpaired) electrons. The quantitative estimate of drug-likeness (QED) is 0.537. The topological polar surface area (TPSA) is 104 Å². The molecule has 0 aliphatic heterocycles. The molecule has 0 aromatic carbocycles. The maximum atomic E-state index is 11.8. The van der Waals surface area contributed by atoms with Crippen molar-refractivity contribution >= 4 is 23.2 Å². The van der Waals surface area contributed by atoms with Crippen LogP contribution < -0.4 is 5.32 Å². The first-order chi connectivity index (χ1) is 11.6. The lowest BCUT2D eigenvalue weighted by atomic mass is 10.3. The summed E-state index contributed by atoms with van der Waals surface area (Å²) >= 11 is 1.54. The summed E-state index contributed by atoms with van der Waals surface area (Å²) in [6.07, 6.45) is -0.548. The van der Waals surface area contributed by atoms with Gasteiger partial charge in [-0.15, -0.1) is 0 Å². The number of amides is 1. The van der Waals surface area contributed by atoms with Crippen LogP contribution in [-0.2, 0) is 25.5 Å². The second-order valence-electron chi connectivity index (χ2n) is 4.94. The SMILES string of the molecule is COCCNC(=O)[C@H](C)OC(=O)CCc1nc(-c2ccsc2)no1. The molecule has 2 aromatic rings. The zero-order valence-electron chi connectivity index (χ0n) is 13.5. The molecule has 130 valence electrons. The first kappa shape index (κ1) is 18.1. The highest BCUT2D eigenvalue weighted by atomic mass is 32.1. The zero-order chi connectivity index (χ0) is 17.4. The van der Waals surface area contributed by atoms with Crippen LogP contribution in [0.2, 0.25) is 0 Å². The number of thiophene rings is 1. The van der Waals surface area contributed by atoms with Gasteiger partial charge in [0.1, 0.15) is 0 Å². The number of esters is 1. The maximum Gasteiger partial charge on any atom is 0.307 e. The number of rotatable bonds is 9. The average molecular weight is 353 g/mol. The van der Waals surface area contributed by atoms with E-state index in [1.165, 1.54) is 25.4 Å². The molecule has 1 atom stereocenters. The van der Waals surface area contributed by atoms with Gasteiger partial charge in [-0.05, 0) is 18.4 Å². The van der Waals surface area contributed by atoms with Crippen molar-refractivity contribution in [1.29, 1.82) is 0 Å². The number of hydrogen-bond donors (Lipinski definition) is 1. The number of hydrogen-bond acceptors (Lipinski definition) is 8. The highest BCUT2D eigenvalue weighted by molar-refractivity contribution is 7.08. The van der Waals surface area contributed by atoms with E-state index in [0.29, 0.717) is 24.9 Å². The summed E-state index contributed by atoms with van der Waals surface area (Å²) in [4.78, 5) is 27.7. The summed E-state index contributed by atoms with van der Waals surface area (Å²) in [5.41, 5.74) is 0.874. The normalized spacial score (nSPS) is 11.9. The van der Waals surface area contributed by atoms with E-state index in [0.717, 1.165) is 5.56 Å². The number of carbonyl (C=O) groups is 2. The lowest BCUT2D eigenvalue weighted by Crippen LogP contribution is -2.37. The lowest BCUT2D eigenvalue weighted by Gasteiger charge is -2.12. The molecule has 9 heteroatoms. The molecule has 24 heavy (non-hydrogen) atoms. The van der Waals surface area contributed by atoms with Gasteiger partial charge in [0, 0.05) is 31.0 Å². The number of nitrogens with zero attached hydrogens (tertiary/aromatic N) is 2. The van der Waals surface area contributed by atoms with E-state index in [1.54, 1.807) is 0 Å². The first-order valence-electron chi connectivity index (χ1n) is 7.41. The summed E-state index contributed by atoms with van der Waals surface area (Å²) in [5.74, 6) is -0.0199. The fourth-order valence-electron chi connectivity index (χ4n) is 1.80. The maximum absolute atomic E-state index is 11.8. The largest absolute Gasteiger partial charge is 0.453 e. The highest BCUT2D eigenvalue weighted by Gasteiger charge is 2.18. The van der Waals surface area contributed by atoms with Crippen molar-refractivity contribution in [2.75, 3.05) is 20.3 Å². The average Bonchev–Trinajstić information content (AvgIpc) is 3.24. The molecule has 0 saturated heterocycles. The van der Waals surface area contributed by atoms with Crippen molar-refractivity contribution in [3.63, 3.8) is 0 Å². The summed E-state index contributed by atoms with van der Waals surface area (Å²) in [6.45, 7) is 2.28. The molecule has 0 bridgehead atoms. The number of methoxy groups -OCH3 is 1. The van der Waals surface area contributed by atoms with Crippen LogP contribution in [0, 0.1) is 0 Å². The third kappa shape index (κ3) is 5.43. The molecule has 0 unspecified atom stereocenters. The standard InChI is InChI=1S/C15H19N3O5S/c1-10(15(20)16-6-7-21-2)22-13(19)4-3-12-17-14(18-23-12)11-5-8-24-9-11/h5,8-10H,3-4,6-7H2,1-2H3,(H,16,20)/t10-/m0/s1. The van der Waals surface area contributed by atoms with Gasteiger partial charge in [-0.3, -0.25) is 9.59 Å². The Hall–Kier alpha value is -2.26. The minimum atomic E-state index is -0.863. The van der Waals surface area contributed by atoms with Crippen molar-refractivity contribution in [2.45, 2.75) is 25.9 Å². The monoisotopic (exact) mass is 353 g/mol. The minimum absolute atomic E-state index is 0.0565. The summed E-state index contributed by atoms with van der Waals surface area (Å²) in [7, 11) is 1.54. The van der Waals surface area contributed by atoms with Crippen LogP contribution in [0.25, 0.3) is 11.4 Å². The van der Waals surface area contributed by atoms with Crippen molar-refractivity contribution in [1.82, 2.24) is 15.5 Å². The Kier molecular flexibility index (Phi) is 6.89. The number of nitrogens with one attached hydrogen (secondary N) is 1. The molecule has 2 heterocycles. The van der Waals surface area contributed by atoms with Gasteiger partial charge in [0.2, 0.25) is 11.7 Å². The lowest BCUT2D eigenvalue weighted by molar-refractivity contribution is -0.154. The van der Waals surface area contributed by atoms with E-state index in [1.807, 2.05) is 16.8 Å². The van der Waals surface area contributed by atoms with Gasteiger partial charge < -0.3 is 19.3 Å². The Bertz CT molecular complexity index is 656. The van der Waals surface area contributed by atoms with Gasteiger partial charge in [-0.25, -0.2) is 0 Å². The van der Waals surface area contributed by atoms with Crippen molar-refractivity contribution in [3.05, 3.63) is 22.7 Å². The van der Waals surface area contributed by atoms with Crippen LogP contribution >= 0.6 is 11.3 Å². The first-order valence-corrected chi connectivity index (χ1v) is 8.35. The van der Waals surface area contributed by atoms with Crippen LogP contribution in [0.4, 0.5) is 0 Å². The third-order valence-electron chi connectivity index (χ3n) is 3.07. The van der Waals surface area contributed by atoms with Gasteiger partial charge in [-0.1, -0.05) is 5.16 Å². The summed E-state index contributed by atoms with van der Waals surface area (Å²) in [6, 6.07) is 1.89. The predicted octanol–water partition coefficient (Wildman–Crippen LogP) is 1.42. The molecule has 0 spiro atoms. The van der Waals surface area contributed by atoms with E-state index >= 15 is 0 Å². The number of carbonyl (C=O) groups excluding carboxylic acids is 2. The summed E-state index contributed by atoms with van der Waals surface area (Å²) < 4.78 is 15.0. The van der Waals surface area contributed by atoms with Crippen LogP contribution in [-0.4, -0.2) is 48.4 Å². The van der Waals surface area contributed by atoms with Gasteiger partial charge in [0.25, 0.3) is 5.91 Å². The summed E-state index contributed by atoms with van der Waals surface area (Å²) in [5, 5.41) is 10.3. The fourth-order valence-corrected chi connectivity index (χ4v) is 2.44. The van der Waals surface area contributed by atoms with E-state index in [-0.39, 0.29) is 18.7 Å². The van der Waals surface area contributed by atoms with E-state index in [2.05, 4.69) is 15.5 Å². The number of ether oxygens (including phenoxy) is 2. The molecule has 0 fully saturated rings. The highest BCUT2D eigenvalue weighted by Crippen LogP contribution is 2.19. The van der Waals surface area contributed by atoms with Crippen LogP contribution in [0.1, 0.15) is 19.2 Å². The van der Waals surface area contributed by atoms with Gasteiger partial charge >= 0.3 is 5.97 Å². The smallest absolute Gasteiger partial charge is 0.307 e. The molecular weight excluding hydrogens is 334 g/mol. The molecule has 1 N–H and O–H groups in total. The second kappa shape index (κ2) is 9.14. The van der Waals surface area contributed by atoms with Crippen LogP contribution in [0.3, 0.4) is 0 Å². The van der Waals surface area contributed by atoms with Crippen molar-refractivity contribution < 1.29 is 23.6 Å². The molecule has 1 amide bonds. The third-order valence-corrected chi connectivity index (χ3v) is 3.76. The molecule has 0 saturated carbocycles. The molecule has 8 nitrogen and oxygen atoms in total. The molecule has 0 aliphatic carbocycles. The van der Waals surface area contributed by atoms with Gasteiger partial charge in [0.05, 0.1) is 13.0 Å². The van der Waals surface area contributed by atoms with E-state index in [4.69, 9.17) is 14.0 Å². The van der Waals surface area contributed by atoms with Crippen LogP contribution in [0.15, 0.2) is 21.3 Å². The van der Waals surface area contributed by atoms with Crippen molar-refractivity contribution in [3.8, 4) is 11.4 Å². The Morgan fingerprint density at radius 3 is 3.00 bits per heavy atom. The minimum Gasteiger partial charge on any atom is -0.453 e.